The normalized spacial score (nSPS) is 11.1. The quantitative estimate of drug-likeness (QED) is 0.0616. The molecule has 2 N–H and O–H groups in total. The van der Waals surface area contributed by atoms with Gasteiger partial charge in [0.05, 0.1) is 0 Å². The van der Waals surface area contributed by atoms with Gasteiger partial charge in [-0.3, -0.25) is 9.59 Å². The van der Waals surface area contributed by atoms with E-state index in [1.165, 1.54) is 205 Å². The Kier molecular flexibility index (Phi) is 48.9. The topological polar surface area (TPSA) is 83.8 Å². The molecular weight excluding hydrogens is 620 g/mol. The van der Waals surface area contributed by atoms with Crippen LogP contribution in [0, 0.1) is 0 Å². The molecule has 0 aliphatic heterocycles. The van der Waals surface area contributed by atoms with Gasteiger partial charge in [0.15, 0.2) is 0 Å². The van der Waals surface area contributed by atoms with E-state index in [1.807, 2.05) is 0 Å². The number of aliphatic carboxylic acids is 2. The highest BCUT2D eigenvalue weighted by molar-refractivity contribution is 5.66. The lowest BCUT2D eigenvalue weighted by atomic mass is 10.0. The molecule has 0 unspecified atom stereocenters. The van der Waals surface area contributed by atoms with Crippen molar-refractivity contribution in [3.05, 3.63) is 0 Å². The van der Waals surface area contributed by atoms with E-state index in [-0.39, 0.29) is 12.8 Å². The van der Waals surface area contributed by atoms with Gasteiger partial charge in [0.25, 0.3) is 0 Å². The maximum atomic E-state index is 10.1. The molecule has 0 heterocycles. The molecule has 0 saturated carbocycles. The van der Waals surface area contributed by atoms with E-state index in [0.29, 0.717) is 12.8 Å². The molecule has 0 aliphatic carbocycles. The molecule has 0 radical (unpaired) electrons. The minimum absolute atomic E-state index is 0.221. The predicted molar refractivity (Wildman–Crippen MR) is 218 cm³/mol. The van der Waals surface area contributed by atoms with Crippen LogP contribution in [0.3, 0.4) is 0 Å². The van der Waals surface area contributed by atoms with Crippen molar-refractivity contribution >= 4 is 11.9 Å². The van der Waals surface area contributed by atoms with Crippen LogP contribution in [0.15, 0.2) is 0 Å². The van der Waals surface area contributed by atoms with Gasteiger partial charge in [0, 0.05) is 26.1 Å². The molecule has 0 rings (SSSR count). The molecule has 50 heavy (non-hydrogen) atoms. The van der Waals surface area contributed by atoms with Crippen LogP contribution >= 0.6 is 0 Å². The minimum atomic E-state index is -0.759. The Balaban J connectivity index is 0. The van der Waals surface area contributed by atoms with Gasteiger partial charge in [-0.15, -0.1) is 0 Å². The smallest absolute Gasteiger partial charge is 0.303 e. The Labute approximate surface area is 313 Å². The summed E-state index contributed by atoms with van der Waals surface area (Å²) in [4.78, 5) is 20.2. The van der Waals surface area contributed by atoms with Crippen molar-refractivity contribution in [2.75, 3.05) is 13.2 Å². The maximum absolute atomic E-state index is 10.1. The van der Waals surface area contributed by atoms with Crippen LogP contribution < -0.4 is 0 Å². The molecule has 0 fully saturated rings. The van der Waals surface area contributed by atoms with Crippen molar-refractivity contribution in [3.8, 4) is 0 Å². The number of ether oxygens (including phenoxy) is 1. The molecule has 5 heteroatoms. The molecular formula is C45H90O5. The standard InChI is InChI=1S/C36H74O.C9H16O4/c1-3-5-7-9-11-13-15-17-19-21-23-25-27-29-31-33-35-37-36-34-32-30-28-26-24-22-20-18-16-14-12-10-8-6-4-2;10-8(11)6-4-2-1-3-5-7-9(12)13/h3-36H2,1-2H3;1-7H2,(H,10,11)(H,12,13). The van der Waals surface area contributed by atoms with E-state index < -0.39 is 11.9 Å². The molecule has 0 aromatic heterocycles. The van der Waals surface area contributed by atoms with Crippen molar-refractivity contribution < 1.29 is 24.5 Å². The summed E-state index contributed by atoms with van der Waals surface area (Å²) < 4.78 is 5.87. The van der Waals surface area contributed by atoms with E-state index in [2.05, 4.69) is 13.8 Å². The third-order valence-electron chi connectivity index (χ3n) is 10.1. The summed E-state index contributed by atoms with van der Waals surface area (Å²) in [6, 6.07) is 0. The van der Waals surface area contributed by atoms with Crippen LogP contribution in [-0.4, -0.2) is 35.4 Å². The van der Waals surface area contributed by atoms with Crippen molar-refractivity contribution in [2.45, 2.75) is 264 Å². The number of hydrogen-bond acceptors (Lipinski definition) is 3. The van der Waals surface area contributed by atoms with Gasteiger partial charge in [-0.05, 0) is 25.7 Å². The Morgan fingerprint density at radius 3 is 0.680 bits per heavy atom. The first-order chi connectivity index (χ1) is 24.5. The van der Waals surface area contributed by atoms with Gasteiger partial charge in [0.2, 0.25) is 0 Å². The summed E-state index contributed by atoms with van der Waals surface area (Å²) in [7, 11) is 0. The molecule has 0 atom stereocenters. The minimum Gasteiger partial charge on any atom is -0.481 e. The van der Waals surface area contributed by atoms with Crippen LogP contribution in [-0.2, 0) is 14.3 Å². The second-order valence-electron chi connectivity index (χ2n) is 15.3. The van der Waals surface area contributed by atoms with Gasteiger partial charge < -0.3 is 14.9 Å². The Morgan fingerprint density at radius 2 is 0.480 bits per heavy atom. The van der Waals surface area contributed by atoms with Crippen LogP contribution in [0.1, 0.15) is 264 Å². The number of unbranched alkanes of at least 4 members (excludes halogenated alkanes) is 34. The first-order valence-corrected chi connectivity index (χ1v) is 22.6. The van der Waals surface area contributed by atoms with Crippen molar-refractivity contribution in [1.82, 2.24) is 0 Å². The lowest BCUT2D eigenvalue weighted by molar-refractivity contribution is -0.138. The zero-order valence-electron chi connectivity index (χ0n) is 34.1. The zero-order chi connectivity index (χ0) is 36.9. The summed E-state index contributed by atoms with van der Waals surface area (Å²) in [6.45, 7) is 6.60. The van der Waals surface area contributed by atoms with Gasteiger partial charge in [-0.25, -0.2) is 0 Å². The predicted octanol–water partition coefficient (Wildman–Crippen LogP) is 15.4. The molecule has 0 aliphatic rings. The fourth-order valence-corrected chi connectivity index (χ4v) is 6.69. The highest BCUT2D eigenvalue weighted by Crippen LogP contribution is 2.15. The first kappa shape index (κ1) is 51.0. The average molecular weight is 711 g/mol. The highest BCUT2D eigenvalue weighted by atomic mass is 16.5. The summed E-state index contributed by atoms with van der Waals surface area (Å²) in [5.74, 6) is -1.52. The van der Waals surface area contributed by atoms with E-state index in [1.54, 1.807) is 0 Å². The molecule has 5 nitrogen and oxygen atoms in total. The molecule has 0 bridgehead atoms. The van der Waals surface area contributed by atoms with Crippen molar-refractivity contribution in [2.24, 2.45) is 0 Å². The highest BCUT2D eigenvalue weighted by Gasteiger charge is 1.99. The van der Waals surface area contributed by atoms with E-state index >= 15 is 0 Å². The van der Waals surface area contributed by atoms with Crippen LogP contribution in [0.4, 0.5) is 0 Å². The van der Waals surface area contributed by atoms with Gasteiger partial charge >= 0.3 is 11.9 Å². The summed E-state index contributed by atoms with van der Waals surface area (Å²) in [5.41, 5.74) is 0. The number of hydrogen-bond donors (Lipinski definition) is 2. The molecule has 0 saturated heterocycles. The Morgan fingerprint density at radius 1 is 0.300 bits per heavy atom. The SMILES string of the molecule is CCCCCCCCCCCCCCCCCCOCCCCCCCCCCCCCCCCCC.O=C(O)CCCCCCCC(=O)O. The van der Waals surface area contributed by atoms with Crippen molar-refractivity contribution in [3.63, 3.8) is 0 Å². The van der Waals surface area contributed by atoms with Crippen LogP contribution in [0.2, 0.25) is 0 Å². The largest absolute Gasteiger partial charge is 0.481 e. The zero-order valence-corrected chi connectivity index (χ0v) is 34.1. The fourth-order valence-electron chi connectivity index (χ4n) is 6.69. The molecule has 0 aromatic carbocycles. The maximum Gasteiger partial charge on any atom is 0.303 e. The summed E-state index contributed by atoms with van der Waals surface area (Å²) in [5, 5.41) is 16.6. The third-order valence-corrected chi connectivity index (χ3v) is 10.1. The second kappa shape index (κ2) is 47.9. The van der Waals surface area contributed by atoms with E-state index in [4.69, 9.17) is 14.9 Å². The number of carboxylic acid groups (broad SMARTS) is 2. The van der Waals surface area contributed by atoms with Crippen LogP contribution in [0.5, 0.6) is 0 Å². The monoisotopic (exact) mass is 711 g/mol. The van der Waals surface area contributed by atoms with E-state index in [9.17, 15) is 9.59 Å². The second-order valence-corrected chi connectivity index (χ2v) is 15.3. The third kappa shape index (κ3) is 53.7. The average Bonchev–Trinajstić information content (AvgIpc) is 3.10. The number of rotatable bonds is 42. The van der Waals surface area contributed by atoms with Gasteiger partial charge in [-0.2, -0.15) is 0 Å². The van der Waals surface area contributed by atoms with E-state index in [0.717, 1.165) is 32.5 Å². The van der Waals surface area contributed by atoms with Crippen LogP contribution in [0.25, 0.3) is 0 Å². The fraction of sp³-hybridized carbons (Fsp3) is 0.956. The van der Waals surface area contributed by atoms with Gasteiger partial charge in [0.1, 0.15) is 0 Å². The lowest BCUT2D eigenvalue weighted by Crippen LogP contribution is -1.97. The number of carboxylic acids is 2. The van der Waals surface area contributed by atoms with Gasteiger partial charge in [-0.1, -0.05) is 226 Å². The Bertz CT molecular complexity index is 585. The molecule has 0 aromatic rings. The lowest BCUT2D eigenvalue weighted by Gasteiger charge is -2.06. The van der Waals surface area contributed by atoms with Crippen molar-refractivity contribution in [1.29, 1.82) is 0 Å². The summed E-state index contributed by atoms with van der Waals surface area (Å²) in [6.07, 6.45) is 50.6. The Hall–Kier alpha value is -1.10. The first-order valence-electron chi connectivity index (χ1n) is 22.6. The summed E-state index contributed by atoms with van der Waals surface area (Å²) >= 11 is 0. The number of carbonyl (C=O) groups is 2. The molecule has 300 valence electrons. The molecule has 0 amide bonds. The molecule has 0 spiro atoms.